The first-order valence-electron chi connectivity index (χ1n) is 5.27. The number of hydrogen-bond acceptors (Lipinski definition) is 4. The van der Waals surface area contributed by atoms with Crippen LogP contribution in [-0.4, -0.2) is 12.0 Å². The average molecular weight is 312 g/mol. The standard InChI is InChI=1S/C12H14BrN3S/c1-16(6-10-7-17-8-15-10)12-3-2-9(5-14)4-11(12)13/h2-4,7-8H,5-6,14H2,1H3. The van der Waals surface area contributed by atoms with Crippen LogP contribution in [0.5, 0.6) is 0 Å². The summed E-state index contributed by atoms with van der Waals surface area (Å²) in [4.78, 5) is 6.45. The zero-order valence-electron chi connectivity index (χ0n) is 9.56. The third-order valence-electron chi connectivity index (χ3n) is 2.54. The van der Waals surface area contributed by atoms with Gasteiger partial charge in [-0.05, 0) is 33.6 Å². The third kappa shape index (κ3) is 3.06. The number of rotatable bonds is 4. The van der Waals surface area contributed by atoms with E-state index in [1.54, 1.807) is 11.3 Å². The molecule has 0 radical (unpaired) electrons. The summed E-state index contributed by atoms with van der Waals surface area (Å²) in [5.41, 5.74) is 10.8. The maximum absolute atomic E-state index is 5.61. The number of benzene rings is 1. The van der Waals surface area contributed by atoms with Crippen LogP contribution in [0.3, 0.4) is 0 Å². The van der Waals surface area contributed by atoms with Crippen LogP contribution < -0.4 is 10.6 Å². The van der Waals surface area contributed by atoms with Gasteiger partial charge in [-0.2, -0.15) is 0 Å². The summed E-state index contributed by atoms with van der Waals surface area (Å²) in [6.07, 6.45) is 0. The molecule has 0 atom stereocenters. The highest BCUT2D eigenvalue weighted by molar-refractivity contribution is 9.10. The van der Waals surface area contributed by atoms with Crippen molar-refractivity contribution in [2.24, 2.45) is 5.73 Å². The Morgan fingerprint density at radius 3 is 2.88 bits per heavy atom. The Kier molecular flexibility index (Phi) is 4.15. The number of anilines is 1. The van der Waals surface area contributed by atoms with Crippen LogP contribution in [0.2, 0.25) is 0 Å². The molecule has 1 heterocycles. The van der Waals surface area contributed by atoms with Gasteiger partial charge in [0.2, 0.25) is 0 Å². The molecule has 0 saturated heterocycles. The molecule has 3 nitrogen and oxygen atoms in total. The normalized spacial score (nSPS) is 10.5. The van der Waals surface area contributed by atoms with E-state index in [2.05, 4.69) is 56.4 Å². The number of nitrogens with two attached hydrogens (primary N) is 1. The zero-order chi connectivity index (χ0) is 12.3. The molecule has 1 aromatic heterocycles. The van der Waals surface area contributed by atoms with Crippen molar-refractivity contribution in [2.45, 2.75) is 13.1 Å². The molecule has 0 spiro atoms. The molecule has 0 fully saturated rings. The van der Waals surface area contributed by atoms with Crippen molar-refractivity contribution >= 4 is 33.0 Å². The molecule has 1 aromatic carbocycles. The Bertz CT molecular complexity index is 485. The van der Waals surface area contributed by atoms with Gasteiger partial charge in [0.1, 0.15) is 0 Å². The fourth-order valence-electron chi connectivity index (χ4n) is 1.63. The molecule has 0 aliphatic heterocycles. The second kappa shape index (κ2) is 5.62. The molecule has 0 amide bonds. The lowest BCUT2D eigenvalue weighted by Crippen LogP contribution is -2.17. The van der Waals surface area contributed by atoms with Crippen LogP contribution in [0, 0.1) is 0 Å². The minimum absolute atomic E-state index is 0.564. The van der Waals surface area contributed by atoms with Crippen molar-refractivity contribution in [1.82, 2.24) is 4.98 Å². The van der Waals surface area contributed by atoms with Crippen LogP contribution in [0.15, 0.2) is 33.6 Å². The molecule has 90 valence electrons. The van der Waals surface area contributed by atoms with Crippen LogP contribution in [0.25, 0.3) is 0 Å². The highest BCUT2D eigenvalue weighted by Gasteiger charge is 2.07. The fourth-order valence-corrected chi connectivity index (χ4v) is 2.91. The minimum Gasteiger partial charge on any atom is -0.368 e. The van der Waals surface area contributed by atoms with Gasteiger partial charge in [0, 0.05) is 23.4 Å². The van der Waals surface area contributed by atoms with Crippen LogP contribution >= 0.6 is 27.3 Å². The van der Waals surface area contributed by atoms with E-state index in [0.717, 1.165) is 28.0 Å². The fraction of sp³-hybridized carbons (Fsp3) is 0.250. The van der Waals surface area contributed by atoms with E-state index in [0.29, 0.717) is 6.54 Å². The van der Waals surface area contributed by atoms with Crippen molar-refractivity contribution in [3.8, 4) is 0 Å². The van der Waals surface area contributed by atoms with E-state index in [1.165, 1.54) is 0 Å². The molecule has 5 heteroatoms. The Morgan fingerprint density at radius 1 is 1.47 bits per heavy atom. The first-order chi connectivity index (χ1) is 8.20. The Hall–Kier alpha value is -0.910. The van der Waals surface area contributed by atoms with Crippen LogP contribution in [-0.2, 0) is 13.1 Å². The first-order valence-corrected chi connectivity index (χ1v) is 7.01. The van der Waals surface area contributed by atoms with Crippen molar-refractivity contribution in [3.05, 3.63) is 44.8 Å². The summed E-state index contributed by atoms with van der Waals surface area (Å²) >= 11 is 5.20. The van der Waals surface area contributed by atoms with Gasteiger partial charge in [0.05, 0.1) is 23.4 Å². The molecule has 0 bridgehead atoms. The molecule has 17 heavy (non-hydrogen) atoms. The van der Waals surface area contributed by atoms with Crippen molar-refractivity contribution < 1.29 is 0 Å². The van der Waals surface area contributed by atoms with Gasteiger partial charge >= 0.3 is 0 Å². The highest BCUT2D eigenvalue weighted by atomic mass is 79.9. The summed E-state index contributed by atoms with van der Waals surface area (Å²) in [5, 5.41) is 2.07. The zero-order valence-corrected chi connectivity index (χ0v) is 12.0. The smallest absolute Gasteiger partial charge is 0.0795 e. The number of halogens is 1. The predicted octanol–water partition coefficient (Wildman–Crippen LogP) is 3.00. The molecule has 0 saturated carbocycles. The maximum atomic E-state index is 5.61. The maximum Gasteiger partial charge on any atom is 0.0795 e. The van der Waals surface area contributed by atoms with Crippen LogP contribution in [0.1, 0.15) is 11.3 Å². The summed E-state index contributed by atoms with van der Waals surface area (Å²) in [6, 6.07) is 6.20. The lowest BCUT2D eigenvalue weighted by Gasteiger charge is -2.20. The number of thiazole rings is 1. The van der Waals surface area contributed by atoms with E-state index in [-0.39, 0.29) is 0 Å². The molecule has 0 unspecified atom stereocenters. The number of aromatic nitrogens is 1. The number of hydrogen-bond donors (Lipinski definition) is 1. The highest BCUT2D eigenvalue weighted by Crippen LogP contribution is 2.27. The van der Waals surface area contributed by atoms with Gasteiger partial charge in [-0.3, -0.25) is 0 Å². The summed E-state index contributed by atoms with van der Waals surface area (Å²) in [7, 11) is 2.06. The second-order valence-electron chi connectivity index (χ2n) is 3.83. The second-order valence-corrected chi connectivity index (χ2v) is 5.40. The summed E-state index contributed by atoms with van der Waals surface area (Å²) in [5.74, 6) is 0. The third-order valence-corrected chi connectivity index (χ3v) is 3.81. The Morgan fingerprint density at radius 2 is 2.29 bits per heavy atom. The Balaban J connectivity index is 2.16. The molecular formula is C12H14BrN3S. The van der Waals surface area contributed by atoms with Gasteiger partial charge in [0.25, 0.3) is 0 Å². The average Bonchev–Trinajstić information content (AvgIpc) is 2.81. The van der Waals surface area contributed by atoms with E-state index >= 15 is 0 Å². The molecule has 2 aromatic rings. The lowest BCUT2D eigenvalue weighted by atomic mass is 10.2. The molecule has 0 aliphatic rings. The minimum atomic E-state index is 0.564. The lowest BCUT2D eigenvalue weighted by molar-refractivity contribution is 0.891. The largest absolute Gasteiger partial charge is 0.368 e. The quantitative estimate of drug-likeness (QED) is 0.944. The van der Waals surface area contributed by atoms with Gasteiger partial charge < -0.3 is 10.6 Å². The monoisotopic (exact) mass is 311 g/mol. The first kappa shape index (κ1) is 12.5. The van der Waals surface area contributed by atoms with Crippen molar-refractivity contribution in [1.29, 1.82) is 0 Å². The van der Waals surface area contributed by atoms with Gasteiger partial charge in [-0.1, -0.05) is 6.07 Å². The van der Waals surface area contributed by atoms with E-state index in [1.807, 2.05) is 5.51 Å². The molecular weight excluding hydrogens is 298 g/mol. The van der Waals surface area contributed by atoms with Crippen molar-refractivity contribution in [2.75, 3.05) is 11.9 Å². The molecule has 2 N–H and O–H groups in total. The van der Waals surface area contributed by atoms with Gasteiger partial charge in [-0.25, -0.2) is 4.98 Å². The van der Waals surface area contributed by atoms with Gasteiger partial charge in [0.15, 0.2) is 0 Å². The van der Waals surface area contributed by atoms with Crippen LogP contribution in [0.4, 0.5) is 5.69 Å². The molecule has 2 rings (SSSR count). The summed E-state index contributed by atoms with van der Waals surface area (Å²) < 4.78 is 1.07. The van der Waals surface area contributed by atoms with Crippen molar-refractivity contribution in [3.63, 3.8) is 0 Å². The summed E-state index contributed by atoms with van der Waals surface area (Å²) in [6.45, 7) is 1.37. The topological polar surface area (TPSA) is 42.2 Å². The van der Waals surface area contributed by atoms with E-state index in [9.17, 15) is 0 Å². The van der Waals surface area contributed by atoms with Gasteiger partial charge in [-0.15, -0.1) is 11.3 Å². The Labute approximate surface area is 113 Å². The number of nitrogens with zero attached hydrogens (tertiary/aromatic N) is 2. The molecule has 0 aliphatic carbocycles. The van der Waals surface area contributed by atoms with E-state index in [4.69, 9.17) is 5.73 Å². The SMILES string of the molecule is CN(Cc1cscn1)c1ccc(CN)cc1Br. The van der Waals surface area contributed by atoms with E-state index < -0.39 is 0 Å². The predicted molar refractivity (Wildman–Crippen MR) is 76.3 cm³/mol.